The number of aliphatic hydroxyl groups excluding tert-OH is 1. The van der Waals surface area contributed by atoms with Crippen LogP contribution >= 0.6 is 0 Å². The molecule has 102 valence electrons. The molecule has 0 aromatic heterocycles. The highest BCUT2D eigenvalue weighted by Crippen LogP contribution is 2.61. The summed E-state index contributed by atoms with van der Waals surface area (Å²) in [6.07, 6.45) is 12.1. The minimum absolute atomic E-state index is 0.184. The molecule has 3 rings (SSSR count). The van der Waals surface area contributed by atoms with Crippen molar-refractivity contribution in [1.82, 2.24) is 0 Å². The second kappa shape index (κ2) is 4.37. The first-order valence-corrected chi connectivity index (χ1v) is 7.92. The monoisotopic (exact) mass is 248 g/mol. The Kier molecular flexibility index (Phi) is 3.09. The van der Waals surface area contributed by atoms with Crippen LogP contribution in [0.1, 0.15) is 71.6 Å². The molecule has 0 aromatic carbocycles. The highest BCUT2D eigenvalue weighted by molar-refractivity contribution is 5.30. The summed E-state index contributed by atoms with van der Waals surface area (Å²) in [7, 11) is 0. The van der Waals surface area contributed by atoms with Crippen molar-refractivity contribution in [2.45, 2.75) is 71.6 Å². The lowest BCUT2D eigenvalue weighted by atomic mass is 9.48. The van der Waals surface area contributed by atoms with Crippen molar-refractivity contribution < 1.29 is 5.11 Å². The van der Waals surface area contributed by atoms with Crippen molar-refractivity contribution in [2.24, 2.45) is 16.7 Å². The predicted molar refractivity (Wildman–Crippen MR) is 75.4 cm³/mol. The molecule has 1 fully saturated rings. The van der Waals surface area contributed by atoms with Crippen LogP contribution in [0.4, 0.5) is 0 Å². The lowest BCUT2D eigenvalue weighted by molar-refractivity contribution is -0.0401. The first-order chi connectivity index (χ1) is 8.60. The van der Waals surface area contributed by atoms with Gasteiger partial charge in [0.15, 0.2) is 0 Å². The fourth-order valence-electron chi connectivity index (χ4n) is 5.45. The first-order valence-electron chi connectivity index (χ1n) is 7.92. The van der Waals surface area contributed by atoms with E-state index < -0.39 is 0 Å². The summed E-state index contributed by atoms with van der Waals surface area (Å²) < 4.78 is 0. The SMILES string of the molecule is C[C@]1(CO)CCC[C@@]2(C)C3=C(CCCC3)CC[C@H]12. The van der Waals surface area contributed by atoms with Gasteiger partial charge in [-0.05, 0) is 68.1 Å². The van der Waals surface area contributed by atoms with Crippen molar-refractivity contribution in [3.8, 4) is 0 Å². The van der Waals surface area contributed by atoms with Gasteiger partial charge in [0, 0.05) is 6.61 Å². The minimum Gasteiger partial charge on any atom is -0.396 e. The number of hydrogen-bond donors (Lipinski definition) is 1. The Hall–Kier alpha value is -0.300. The second-order valence-electron chi connectivity index (χ2n) is 7.46. The Labute approximate surface area is 112 Å². The molecule has 0 radical (unpaired) electrons. The topological polar surface area (TPSA) is 20.2 Å². The van der Waals surface area contributed by atoms with Crippen molar-refractivity contribution in [2.75, 3.05) is 6.61 Å². The number of fused-ring (bicyclic) bond motifs is 2. The first kappa shape index (κ1) is 12.7. The van der Waals surface area contributed by atoms with E-state index in [0.29, 0.717) is 12.0 Å². The van der Waals surface area contributed by atoms with E-state index in [1.54, 1.807) is 0 Å². The lowest BCUT2D eigenvalue weighted by Gasteiger charge is -2.56. The van der Waals surface area contributed by atoms with E-state index in [-0.39, 0.29) is 5.41 Å². The molecule has 3 aliphatic carbocycles. The quantitative estimate of drug-likeness (QED) is 0.679. The maximum Gasteiger partial charge on any atom is 0.0487 e. The van der Waals surface area contributed by atoms with Crippen LogP contribution in [-0.2, 0) is 0 Å². The lowest BCUT2D eigenvalue weighted by Crippen LogP contribution is -2.48. The maximum atomic E-state index is 9.88. The number of aliphatic hydroxyl groups is 1. The van der Waals surface area contributed by atoms with Crippen molar-refractivity contribution >= 4 is 0 Å². The third-order valence-electron chi connectivity index (χ3n) is 6.42. The molecule has 0 spiro atoms. The van der Waals surface area contributed by atoms with Gasteiger partial charge >= 0.3 is 0 Å². The molecule has 0 heterocycles. The van der Waals surface area contributed by atoms with Crippen LogP contribution in [0.2, 0.25) is 0 Å². The molecule has 0 unspecified atom stereocenters. The molecular formula is C17H28O. The van der Waals surface area contributed by atoms with Crippen LogP contribution in [0.3, 0.4) is 0 Å². The minimum atomic E-state index is 0.184. The van der Waals surface area contributed by atoms with Gasteiger partial charge < -0.3 is 5.11 Å². The normalized spacial score (nSPS) is 44.5. The molecule has 1 nitrogen and oxygen atoms in total. The predicted octanol–water partition coefficient (Wildman–Crippen LogP) is 4.46. The van der Waals surface area contributed by atoms with Crippen LogP contribution < -0.4 is 0 Å². The maximum absolute atomic E-state index is 9.88. The fourth-order valence-corrected chi connectivity index (χ4v) is 5.45. The molecule has 1 N–H and O–H groups in total. The van der Waals surface area contributed by atoms with Crippen LogP contribution in [-0.4, -0.2) is 11.7 Å². The average Bonchev–Trinajstić information content (AvgIpc) is 2.39. The average molecular weight is 248 g/mol. The number of rotatable bonds is 1. The van der Waals surface area contributed by atoms with Crippen LogP contribution in [0.5, 0.6) is 0 Å². The van der Waals surface area contributed by atoms with E-state index in [2.05, 4.69) is 13.8 Å². The molecule has 3 atom stereocenters. The highest BCUT2D eigenvalue weighted by Gasteiger charge is 2.52. The van der Waals surface area contributed by atoms with Gasteiger partial charge in [0.2, 0.25) is 0 Å². The molecule has 0 aromatic rings. The molecule has 0 amide bonds. The van der Waals surface area contributed by atoms with Gasteiger partial charge in [-0.3, -0.25) is 0 Å². The molecule has 1 heteroatoms. The van der Waals surface area contributed by atoms with Crippen molar-refractivity contribution in [3.05, 3.63) is 11.1 Å². The van der Waals surface area contributed by atoms with E-state index in [1.807, 2.05) is 11.1 Å². The van der Waals surface area contributed by atoms with E-state index >= 15 is 0 Å². The zero-order chi connectivity index (χ0) is 12.8. The van der Waals surface area contributed by atoms with Gasteiger partial charge in [0.1, 0.15) is 0 Å². The summed E-state index contributed by atoms with van der Waals surface area (Å²) in [5.74, 6) is 0.723. The highest BCUT2D eigenvalue weighted by atomic mass is 16.3. The molecule has 0 bridgehead atoms. The van der Waals surface area contributed by atoms with E-state index in [9.17, 15) is 5.11 Å². The third-order valence-corrected chi connectivity index (χ3v) is 6.42. The van der Waals surface area contributed by atoms with E-state index in [4.69, 9.17) is 0 Å². The van der Waals surface area contributed by atoms with Crippen LogP contribution in [0.15, 0.2) is 11.1 Å². The van der Waals surface area contributed by atoms with Crippen molar-refractivity contribution in [1.29, 1.82) is 0 Å². The molecular weight excluding hydrogens is 220 g/mol. The number of hydrogen-bond acceptors (Lipinski definition) is 1. The second-order valence-corrected chi connectivity index (χ2v) is 7.46. The molecule has 0 aliphatic heterocycles. The summed E-state index contributed by atoms with van der Waals surface area (Å²) in [6, 6.07) is 0. The van der Waals surface area contributed by atoms with Gasteiger partial charge in [0.05, 0.1) is 0 Å². The van der Waals surface area contributed by atoms with E-state index in [1.165, 1.54) is 57.8 Å². The summed E-state index contributed by atoms with van der Waals surface area (Å²) >= 11 is 0. The van der Waals surface area contributed by atoms with Gasteiger partial charge in [-0.15, -0.1) is 0 Å². The summed E-state index contributed by atoms with van der Waals surface area (Å²) in [5, 5.41) is 9.88. The van der Waals surface area contributed by atoms with Crippen LogP contribution in [0.25, 0.3) is 0 Å². The largest absolute Gasteiger partial charge is 0.396 e. The zero-order valence-corrected chi connectivity index (χ0v) is 12.1. The van der Waals surface area contributed by atoms with E-state index in [0.717, 1.165) is 5.92 Å². The fraction of sp³-hybridized carbons (Fsp3) is 0.882. The Morgan fingerprint density at radius 2 is 1.83 bits per heavy atom. The Balaban J connectivity index is 2.00. The summed E-state index contributed by atoms with van der Waals surface area (Å²) in [5.41, 5.74) is 4.23. The molecule has 1 saturated carbocycles. The number of allylic oxidation sites excluding steroid dienone is 2. The Morgan fingerprint density at radius 1 is 1.06 bits per heavy atom. The third kappa shape index (κ3) is 1.70. The Morgan fingerprint density at radius 3 is 2.61 bits per heavy atom. The standard InChI is InChI=1S/C17H28O/c1-16(12-18)10-5-11-17(2)14-7-4-3-6-13(14)8-9-15(16)17/h15,18H,3-12H2,1-2H3/t15-,16-,17+/m1/s1. The van der Waals surface area contributed by atoms with Gasteiger partial charge in [0.25, 0.3) is 0 Å². The molecule has 3 aliphatic rings. The van der Waals surface area contributed by atoms with Gasteiger partial charge in [-0.1, -0.05) is 31.4 Å². The van der Waals surface area contributed by atoms with Gasteiger partial charge in [-0.25, -0.2) is 0 Å². The van der Waals surface area contributed by atoms with Crippen molar-refractivity contribution in [3.63, 3.8) is 0 Å². The molecule has 0 saturated heterocycles. The summed E-state index contributed by atoms with van der Waals surface area (Å²) in [4.78, 5) is 0. The summed E-state index contributed by atoms with van der Waals surface area (Å²) in [6.45, 7) is 5.24. The Bertz CT molecular complexity index is 370. The molecule has 18 heavy (non-hydrogen) atoms. The van der Waals surface area contributed by atoms with Crippen LogP contribution in [0, 0.1) is 16.7 Å². The zero-order valence-electron chi connectivity index (χ0n) is 12.1. The van der Waals surface area contributed by atoms with Gasteiger partial charge in [-0.2, -0.15) is 0 Å². The smallest absolute Gasteiger partial charge is 0.0487 e.